The van der Waals surface area contributed by atoms with Crippen LogP contribution in [0.2, 0.25) is 0 Å². The lowest BCUT2D eigenvalue weighted by Crippen LogP contribution is -2.29. The lowest BCUT2D eigenvalue weighted by molar-refractivity contribution is -0.274. The van der Waals surface area contributed by atoms with E-state index in [-0.39, 0.29) is 18.2 Å². The third-order valence-corrected chi connectivity index (χ3v) is 6.55. The average Bonchev–Trinajstić information content (AvgIpc) is 3.21. The van der Waals surface area contributed by atoms with Crippen LogP contribution in [0.3, 0.4) is 0 Å². The van der Waals surface area contributed by atoms with Crippen LogP contribution in [0.4, 0.5) is 18.9 Å². The number of alkyl halides is 3. The topological polar surface area (TPSA) is 141 Å². The number of thioether (sulfide) groups is 1. The molecule has 5 N–H and O–H groups in total. The molecule has 4 rings (SSSR count). The van der Waals surface area contributed by atoms with Crippen LogP contribution in [-0.4, -0.2) is 54.0 Å². The molecule has 0 unspecified atom stereocenters. The van der Waals surface area contributed by atoms with Gasteiger partial charge < -0.3 is 30.1 Å². The first kappa shape index (κ1) is 29.2. The lowest BCUT2D eigenvalue weighted by atomic mass is 10.1. The third kappa shape index (κ3) is 9.47. The summed E-state index contributed by atoms with van der Waals surface area (Å²) in [5, 5.41) is 12.8. The van der Waals surface area contributed by atoms with E-state index in [0.29, 0.717) is 16.5 Å². The Hall–Kier alpha value is -2.35. The number of ether oxygens (including phenoxy) is 1. The standard InChI is InChI=1S/C22H26F3N5OS.H3O4P/c1-14(2)18-13-28-21-17(11-20(29-30(18)21)32-16-7-9-26-10-8-16)27-12-15-5-3-4-6-19(15)31-22(23,24)25;1-5(2,3)4/h3-6,11,13-14,16,26-27H,7-10,12H2,1-2H3;(H3,1,2,3,4). The van der Waals surface area contributed by atoms with Gasteiger partial charge in [0, 0.05) is 17.4 Å². The summed E-state index contributed by atoms with van der Waals surface area (Å²) < 4.78 is 53.2. The van der Waals surface area contributed by atoms with Crippen LogP contribution in [0, 0.1) is 0 Å². The maximum Gasteiger partial charge on any atom is 0.573 e. The highest BCUT2D eigenvalue weighted by atomic mass is 32.2. The van der Waals surface area contributed by atoms with Gasteiger partial charge in [-0.15, -0.1) is 24.9 Å². The van der Waals surface area contributed by atoms with Gasteiger partial charge in [-0.1, -0.05) is 32.0 Å². The van der Waals surface area contributed by atoms with Gasteiger partial charge in [0.25, 0.3) is 0 Å². The number of para-hydroxylation sites is 1. The molecule has 2 aromatic heterocycles. The molecule has 15 heteroatoms. The number of rotatable bonds is 7. The minimum Gasteiger partial charge on any atom is -0.405 e. The maximum absolute atomic E-state index is 12.8. The second-order valence-corrected chi connectivity index (χ2v) is 10.9. The number of hydrogen-bond acceptors (Lipinski definition) is 7. The van der Waals surface area contributed by atoms with Crippen molar-refractivity contribution in [3.05, 3.63) is 47.8 Å². The molecule has 1 aliphatic rings. The van der Waals surface area contributed by atoms with E-state index in [1.807, 2.05) is 10.6 Å². The fraction of sp³-hybridized carbons (Fsp3) is 0.455. The molecule has 1 aromatic carbocycles. The number of piperidine rings is 1. The summed E-state index contributed by atoms with van der Waals surface area (Å²) in [4.78, 5) is 26.1. The normalized spacial score (nSPS) is 14.9. The highest BCUT2D eigenvalue weighted by molar-refractivity contribution is 7.99. The van der Waals surface area contributed by atoms with Crippen molar-refractivity contribution in [2.75, 3.05) is 18.4 Å². The van der Waals surface area contributed by atoms with Gasteiger partial charge in [0.15, 0.2) is 5.65 Å². The molecule has 0 bridgehead atoms. The summed E-state index contributed by atoms with van der Waals surface area (Å²) in [5.74, 6) is 0.0125. The van der Waals surface area contributed by atoms with E-state index in [9.17, 15) is 13.2 Å². The molecule has 0 spiro atoms. The monoisotopic (exact) mass is 563 g/mol. The Balaban J connectivity index is 0.000000695. The minimum atomic E-state index is -4.74. The Kier molecular flexibility index (Phi) is 9.84. The van der Waals surface area contributed by atoms with Crippen LogP contribution < -0.4 is 15.4 Å². The van der Waals surface area contributed by atoms with E-state index in [0.717, 1.165) is 42.3 Å². The number of aromatic nitrogens is 3. The van der Waals surface area contributed by atoms with Gasteiger partial charge in [0.1, 0.15) is 10.8 Å². The van der Waals surface area contributed by atoms with E-state index in [2.05, 4.69) is 34.2 Å². The summed E-state index contributed by atoms with van der Waals surface area (Å²) in [6.45, 7) is 6.30. The Morgan fingerprint density at radius 3 is 2.51 bits per heavy atom. The molecule has 3 heterocycles. The molecule has 0 radical (unpaired) electrons. The first-order valence-corrected chi connectivity index (χ1v) is 13.9. The number of benzene rings is 1. The largest absolute Gasteiger partial charge is 0.573 e. The average molecular weight is 564 g/mol. The molecular formula is C22H29F3N5O5PS. The van der Waals surface area contributed by atoms with E-state index in [4.69, 9.17) is 24.3 Å². The van der Waals surface area contributed by atoms with E-state index < -0.39 is 14.2 Å². The Morgan fingerprint density at radius 2 is 1.89 bits per heavy atom. The quantitative estimate of drug-likeness (QED) is 0.265. The molecule has 204 valence electrons. The minimum absolute atomic E-state index is 0.160. The summed E-state index contributed by atoms with van der Waals surface area (Å²) in [5.41, 5.74) is 2.77. The van der Waals surface area contributed by atoms with Crippen molar-refractivity contribution in [2.45, 2.75) is 55.8 Å². The second kappa shape index (κ2) is 12.5. The van der Waals surface area contributed by atoms with Crippen LogP contribution >= 0.6 is 19.6 Å². The van der Waals surface area contributed by atoms with Crippen molar-refractivity contribution >= 4 is 30.9 Å². The van der Waals surface area contributed by atoms with Gasteiger partial charge in [0.2, 0.25) is 0 Å². The highest BCUT2D eigenvalue weighted by Crippen LogP contribution is 2.32. The molecule has 0 saturated carbocycles. The summed E-state index contributed by atoms with van der Waals surface area (Å²) in [6, 6.07) is 8.08. The molecule has 1 fully saturated rings. The Morgan fingerprint density at radius 1 is 1.24 bits per heavy atom. The van der Waals surface area contributed by atoms with Gasteiger partial charge in [-0.25, -0.2) is 14.1 Å². The van der Waals surface area contributed by atoms with Crippen LogP contribution in [0.1, 0.15) is 43.9 Å². The molecule has 10 nitrogen and oxygen atoms in total. The number of fused-ring (bicyclic) bond motifs is 1. The summed E-state index contributed by atoms with van der Waals surface area (Å²) in [7, 11) is -4.64. The number of nitrogens with zero attached hydrogens (tertiary/aromatic N) is 3. The molecule has 37 heavy (non-hydrogen) atoms. The van der Waals surface area contributed by atoms with Crippen molar-refractivity contribution in [1.82, 2.24) is 19.9 Å². The number of halogens is 3. The molecular weight excluding hydrogens is 534 g/mol. The zero-order chi connectivity index (χ0) is 27.2. The fourth-order valence-corrected chi connectivity index (χ4v) is 4.82. The van der Waals surface area contributed by atoms with Crippen molar-refractivity contribution in [1.29, 1.82) is 0 Å². The Bertz CT molecular complexity index is 1220. The summed E-state index contributed by atoms with van der Waals surface area (Å²) in [6.07, 6.45) is -0.807. The maximum atomic E-state index is 12.8. The van der Waals surface area contributed by atoms with Crippen LogP contribution in [0.25, 0.3) is 5.65 Å². The zero-order valence-electron chi connectivity index (χ0n) is 20.1. The van der Waals surface area contributed by atoms with Gasteiger partial charge in [-0.3, -0.25) is 0 Å². The predicted octanol–water partition coefficient (Wildman–Crippen LogP) is 4.28. The molecule has 3 aromatic rings. The van der Waals surface area contributed by atoms with Crippen molar-refractivity contribution in [3.8, 4) is 5.75 Å². The zero-order valence-corrected chi connectivity index (χ0v) is 21.9. The number of hydrogen-bond donors (Lipinski definition) is 5. The van der Waals surface area contributed by atoms with Gasteiger partial charge in [-0.05, 0) is 44.0 Å². The first-order chi connectivity index (χ1) is 17.3. The third-order valence-electron chi connectivity index (χ3n) is 5.30. The second-order valence-electron chi connectivity index (χ2n) is 8.56. The molecule has 0 amide bonds. The van der Waals surface area contributed by atoms with Crippen molar-refractivity contribution in [3.63, 3.8) is 0 Å². The first-order valence-electron chi connectivity index (χ1n) is 11.4. The van der Waals surface area contributed by atoms with Crippen molar-refractivity contribution in [2.24, 2.45) is 0 Å². The number of phosphoric acid groups is 1. The van der Waals surface area contributed by atoms with Crippen molar-refractivity contribution < 1.29 is 37.2 Å². The van der Waals surface area contributed by atoms with Gasteiger partial charge in [0.05, 0.1) is 17.6 Å². The molecule has 0 atom stereocenters. The number of anilines is 1. The predicted molar refractivity (Wildman–Crippen MR) is 134 cm³/mol. The SMILES string of the molecule is CC(C)c1cnc2c(NCc3ccccc3OC(F)(F)F)cc(SC3CCNCC3)nn12.O=P(O)(O)O. The van der Waals surface area contributed by atoms with E-state index >= 15 is 0 Å². The highest BCUT2D eigenvalue weighted by Gasteiger charge is 2.32. The smallest absolute Gasteiger partial charge is 0.405 e. The van der Waals surface area contributed by atoms with E-state index in [1.54, 1.807) is 30.1 Å². The number of imidazole rings is 1. The molecule has 1 saturated heterocycles. The Labute approximate surface area is 215 Å². The van der Waals surface area contributed by atoms with Crippen LogP contribution in [0.5, 0.6) is 5.75 Å². The molecule has 0 aliphatic carbocycles. The van der Waals surface area contributed by atoms with Crippen LogP contribution in [-0.2, 0) is 11.1 Å². The van der Waals surface area contributed by atoms with E-state index in [1.165, 1.54) is 12.1 Å². The fourth-order valence-electron chi connectivity index (χ4n) is 3.69. The summed E-state index contributed by atoms with van der Waals surface area (Å²) >= 11 is 1.74. The lowest BCUT2D eigenvalue weighted by Gasteiger charge is -2.22. The van der Waals surface area contributed by atoms with Gasteiger partial charge in [-0.2, -0.15) is 5.10 Å². The van der Waals surface area contributed by atoms with Crippen LogP contribution in [0.15, 0.2) is 41.6 Å². The molecule has 1 aliphatic heterocycles. The number of nitrogens with one attached hydrogen (secondary N) is 2. The van der Waals surface area contributed by atoms with Gasteiger partial charge >= 0.3 is 14.2 Å².